The molecule has 0 fully saturated rings. The Hall–Kier alpha value is -2.94. The Labute approximate surface area is 121 Å². The summed E-state index contributed by atoms with van der Waals surface area (Å²) in [5.74, 6) is 0.864. The van der Waals surface area contributed by atoms with Crippen molar-refractivity contribution in [3.8, 4) is 17.6 Å². The number of pyridine rings is 1. The summed E-state index contributed by atoms with van der Waals surface area (Å²) in [6.45, 7) is 3.84. The average molecular weight is 283 g/mol. The lowest BCUT2D eigenvalue weighted by Crippen LogP contribution is -1.97. The maximum atomic E-state index is 10.9. The number of nitrogens with zero attached hydrogens (tertiary/aromatic N) is 3. The highest BCUT2D eigenvalue weighted by Crippen LogP contribution is 2.29. The molecule has 1 heterocycles. The molecule has 0 unspecified atom stereocenters. The van der Waals surface area contributed by atoms with Gasteiger partial charge in [-0.3, -0.25) is 15.1 Å². The Bertz CT molecular complexity index is 735. The molecule has 6 heteroatoms. The minimum atomic E-state index is -0.598. The molecule has 2 rings (SSSR count). The van der Waals surface area contributed by atoms with Crippen LogP contribution in [0.5, 0.6) is 11.5 Å². The molecule has 0 saturated heterocycles. The smallest absolute Gasteiger partial charge is 0.290 e. The van der Waals surface area contributed by atoms with Crippen molar-refractivity contribution in [2.24, 2.45) is 0 Å². The Morgan fingerprint density at radius 1 is 1.38 bits per heavy atom. The van der Waals surface area contributed by atoms with Crippen LogP contribution in [0.4, 0.5) is 5.69 Å². The van der Waals surface area contributed by atoms with Gasteiger partial charge in [-0.05, 0) is 37.6 Å². The third-order valence-corrected chi connectivity index (χ3v) is 2.92. The van der Waals surface area contributed by atoms with Crippen LogP contribution in [0, 0.1) is 28.4 Å². The van der Waals surface area contributed by atoms with Crippen LogP contribution in [0.25, 0.3) is 0 Å². The Kier molecular flexibility index (Phi) is 4.14. The maximum absolute atomic E-state index is 10.9. The van der Waals surface area contributed by atoms with E-state index < -0.39 is 4.92 Å². The molecular formula is C15H13N3O3. The van der Waals surface area contributed by atoms with E-state index in [1.54, 1.807) is 12.1 Å². The highest BCUT2D eigenvalue weighted by molar-refractivity contribution is 5.53. The molecular weight excluding hydrogens is 270 g/mol. The number of nitro groups is 1. The van der Waals surface area contributed by atoms with Crippen LogP contribution in [0.2, 0.25) is 0 Å². The zero-order valence-electron chi connectivity index (χ0n) is 11.7. The number of aromatic nitrogens is 1. The Morgan fingerprint density at radius 2 is 2.14 bits per heavy atom. The fraction of sp³-hybridized carbons (Fsp3) is 0.200. The standard InChI is InChI=1S/C15H13N3O3/c1-3-13-15(7-4-10(2)17-13)21-12-6-5-11(9-16)14(8-12)18(19)20/h4-8H,3H2,1-2H3. The number of nitro benzene ring substituents is 1. The van der Waals surface area contributed by atoms with Gasteiger partial charge in [-0.1, -0.05) is 6.92 Å². The second kappa shape index (κ2) is 6.01. The minimum absolute atomic E-state index is 0.00472. The molecule has 6 nitrogen and oxygen atoms in total. The summed E-state index contributed by atoms with van der Waals surface area (Å²) in [5.41, 5.74) is 1.39. The largest absolute Gasteiger partial charge is 0.455 e. The summed E-state index contributed by atoms with van der Waals surface area (Å²) < 4.78 is 5.67. The van der Waals surface area contributed by atoms with Crippen LogP contribution in [0.15, 0.2) is 30.3 Å². The van der Waals surface area contributed by atoms with Gasteiger partial charge in [0.2, 0.25) is 0 Å². The number of nitriles is 1. The lowest BCUT2D eigenvalue weighted by atomic mass is 10.2. The van der Waals surface area contributed by atoms with E-state index in [0.29, 0.717) is 17.9 Å². The van der Waals surface area contributed by atoms with E-state index in [1.165, 1.54) is 18.2 Å². The molecule has 0 spiro atoms. The second-order valence-electron chi connectivity index (χ2n) is 4.40. The quantitative estimate of drug-likeness (QED) is 0.632. The third kappa shape index (κ3) is 3.15. The third-order valence-electron chi connectivity index (χ3n) is 2.92. The van der Waals surface area contributed by atoms with Gasteiger partial charge >= 0.3 is 0 Å². The number of hydrogen-bond donors (Lipinski definition) is 0. The van der Waals surface area contributed by atoms with Gasteiger partial charge in [0.1, 0.15) is 23.1 Å². The van der Waals surface area contributed by atoms with Crippen molar-refractivity contribution in [2.45, 2.75) is 20.3 Å². The van der Waals surface area contributed by atoms with Gasteiger partial charge < -0.3 is 4.74 Å². The normalized spacial score (nSPS) is 9.95. The van der Waals surface area contributed by atoms with E-state index in [4.69, 9.17) is 10.00 Å². The van der Waals surface area contributed by atoms with Crippen molar-refractivity contribution in [2.75, 3.05) is 0 Å². The number of ether oxygens (including phenoxy) is 1. The number of hydrogen-bond acceptors (Lipinski definition) is 5. The van der Waals surface area contributed by atoms with Gasteiger partial charge in [0.05, 0.1) is 16.7 Å². The molecule has 2 aromatic rings. The van der Waals surface area contributed by atoms with E-state index in [1.807, 2.05) is 19.9 Å². The molecule has 0 atom stereocenters. The maximum Gasteiger partial charge on any atom is 0.290 e. The number of rotatable bonds is 4. The van der Waals surface area contributed by atoms with Crippen molar-refractivity contribution in [1.82, 2.24) is 4.98 Å². The SMILES string of the molecule is CCc1nc(C)ccc1Oc1ccc(C#N)c([N+](=O)[O-])c1. The molecule has 1 aromatic carbocycles. The monoisotopic (exact) mass is 283 g/mol. The van der Waals surface area contributed by atoms with Crippen LogP contribution in [-0.2, 0) is 6.42 Å². The van der Waals surface area contributed by atoms with Crippen LogP contribution >= 0.6 is 0 Å². The van der Waals surface area contributed by atoms with Gasteiger partial charge in [0.25, 0.3) is 5.69 Å². The fourth-order valence-corrected chi connectivity index (χ4v) is 1.89. The van der Waals surface area contributed by atoms with Gasteiger partial charge in [-0.25, -0.2) is 0 Å². The predicted octanol–water partition coefficient (Wildman–Crippen LogP) is 3.52. The van der Waals surface area contributed by atoms with Crippen LogP contribution in [-0.4, -0.2) is 9.91 Å². The highest BCUT2D eigenvalue weighted by atomic mass is 16.6. The molecule has 0 saturated carbocycles. The van der Waals surface area contributed by atoms with Gasteiger partial charge in [-0.15, -0.1) is 0 Å². The molecule has 0 N–H and O–H groups in total. The van der Waals surface area contributed by atoms with Crippen molar-refractivity contribution < 1.29 is 9.66 Å². The van der Waals surface area contributed by atoms with E-state index in [2.05, 4.69) is 4.98 Å². The van der Waals surface area contributed by atoms with Gasteiger partial charge in [0.15, 0.2) is 0 Å². The highest BCUT2D eigenvalue weighted by Gasteiger charge is 2.16. The second-order valence-corrected chi connectivity index (χ2v) is 4.40. The summed E-state index contributed by atoms with van der Waals surface area (Å²) >= 11 is 0. The van der Waals surface area contributed by atoms with Crippen molar-refractivity contribution in [3.05, 3.63) is 57.4 Å². The molecule has 0 bridgehead atoms. The minimum Gasteiger partial charge on any atom is -0.455 e. The summed E-state index contributed by atoms with van der Waals surface area (Å²) in [6.07, 6.45) is 0.690. The first-order valence-electron chi connectivity index (χ1n) is 6.38. The Balaban J connectivity index is 2.39. The summed E-state index contributed by atoms with van der Waals surface area (Å²) in [5, 5.41) is 19.8. The average Bonchev–Trinajstić information content (AvgIpc) is 2.48. The Morgan fingerprint density at radius 3 is 2.76 bits per heavy atom. The zero-order chi connectivity index (χ0) is 15.4. The topological polar surface area (TPSA) is 89.0 Å². The summed E-state index contributed by atoms with van der Waals surface area (Å²) in [4.78, 5) is 14.7. The first-order valence-corrected chi connectivity index (χ1v) is 6.38. The van der Waals surface area contributed by atoms with Gasteiger partial charge in [0, 0.05) is 5.69 Å². The predicted molar refractivity (Wildman–Crippen MR) is 76.2 cm³/mol. The van der Waals surface area contributed by atoms with E-state index >= 15 is 0 Å². The van der Waals surface area contributed by atoms with Crippen LogP contribution < -0.4 is 4.74 Å². The summed E-state index contributed by atoms with van der Waals surface area (Å²) in [7, 11) is 0. The fourth-order valence-electron chi connectivity index (χ4n) is 1.89. The molecule has 0 aliphatic heterocycles. The van der Waals surface area contributed by atoms with Crippen LogP contribution in [0.1, 0.15) is 23.9 Å². The molecule has 0 radical (unpaired) electrons. The van der Waals surface area contributed by atoms with Crippen molar-refractivity contribution in [3.63, 3.8) is 0 Å². The molecule has 0 aliphatic carbocycles. The first kappa shape index (κ1) is 14.5. The zero-order valence-corrected chi connectivity index (χ0v) is 11.7. The number of aryl methyl sites for hydroxylation is 2. The molecule has 0 amide bonds. The molecule has 21 heavy (non-hydrogen) atoms. The molecule has 0 aliphatic rings. The molecule has 106 valence electrons. The van der Waals surface area contributed by atoms with Crippen molar-refractivity contribution >= 4 is 5.69 Å². The van der Waals surface area contributed by atoms with Gasteiger partial charge in [-0.2, -0.15) is 5.26 Å². The summed E-state index contributed by atoms with van der Waals surface area (Å²) in [6, 6.07) is 9.54. The van der Waals surface area contributed by atoms with E-state index in [-0.39, 0.29) is 11.3 Å². The van der Waals surface area contributed by atoms with Crippen LogP contribution in [0.3, 0.4) is 0 Å². The molecule has 1 aromatic heterocycles. The van der Waals surface area contributed by atoms with Crippen molar-refractivity contribution in [1.29, 1.82) is 5.26 Å². The lowest BCUT2D eigenvalue weighted by molar-refractivity contribution is -0.385. The van der Waals surface area contributed by atoms with E-state index in [9.17, 15) is 10.1 Å². The number of benzene rings is 1. The first-order chi connectivity index (χ1) is 10.0. The van der Waals surface area contributed by atoms with E-state index in [0.717, 1.165) is 11.4 Å². The lowest BCUT2D eigenvalue weighted by Gasteiger charge is -2.10.